The van der Waals surface area contributed by atoms with E-state index in [0.717, 1.165) is 51.4 Å². The van der Waals surface area contributed by atoms with Gasteiger partial charge in [0.05, 0.1) is 6.54 Å². The molecule has 2 amide bonds. The van der Waals surface area contributed by atoms with E-state index in [1.165, 1.54) is 32.1 Å². The highest BCUT2D eigenvalue weighted by atomic mass is 16.4. The van der Waals surface area contributed by atoms with E-state index in [1.54, 1.807) is 0 Å². The average Bonchev–Trinajstić information content (AvgIpc) is 2.60. The fourth-order valence-electron chi connectivity index (χ4n) is 4.08. The monoisotopic (exact) mass is 339 g/mol. The van der Waals surface area contributed by atoms with E-state index in [4.69, 9.17) is 5.11 Å². The minimum atomic E-state index is -0.778. The molecule has 0 aromatic heterocycles. The van der Waals surface area contributed by atoms with E-state index in [2.05, 4.69) is 5.32 Å². The lowest BCUT2D eigenvalue weighted by Gasteiger charge is -2.37. The number of urea groups is 1. The molecule has 0 atom stereocenters. The van der Waals surface area contributed by atoms with Crippen LogP contribution in [0.4, 0.5) is 4.79 Å². The lowest BCUT2D eigenvalue weighted by atomic mass is 9.87. The van der Waals surface area contributed by atoms with Crippen LogP contribution < -0.4 is 5.32 Å². The van der Waals surface area contributed by atoms with Crippen LogP contribution in [0, 0.1) is 5.92 Å². The molecule has 0 aromatic carbocycles. The lowest BCUT2D eigenvalue weighted by molar-refractivity contribution is -0.139. The Morgan fingerprint density at radius 1 is 1.12 bits per heavy atom. The number of carboxylic acids is 1. The van der Waals surface area contributed by atoms with Gasteiger partial charge in [-0.1, -0.05) is 39.0 Å². The highest BCUT2D eigenvalue weighted by Gasteiger charge is 2.27. The van der Waals surface area contributed by atoms with Crippen molar-refractivity contribution in [1.29, 1.82) is 0 Å². The highest BCUT2D eigenvalue weighted by Crippen LogP contribution is 2.25. The van der Waals surface area contributed by atoms with Crippen LogP contribution in [0.15, 0.2) is 0 Å². The molecule has 0 radical (unpaired) electrons. The molecular formula is C18H33N3O3. The summed E-state index contributed by atoms with van der Waals surface area (Å²) in [6, 6.07) is 0.322. The van der Waals surface area contributed by atoms with Gasteiger partial charge in [0.15, 0.2) is 0 Å². The van der Waals surface area contributed by atoms with Crippen molar-refractivity contribution in [3.8, 4) is 0 Å². The number of rotatable bonds is 7. The normalized spacial score (nSPS) is 20.3. The summed E-state index contributed by atoms with van der Waals surface area (Å²) in [5, 5.41) is 12.0. The topological polar surface area (TPSA) is 72.9 Å². The van der Waals surface area contributed by atoms with E-state index in [-0.39, 0.29) is 18.6 Å². The van der Waals surface area contributed by atoms with Gasteiger partial charge in [0.1, 0.15) is 0 Å². The summed E-state index contributed by atoms with van der Waals surface area (Å²) in [7, 11) is 0. The van der Waals surface area contributed by atoms with Crippen molar-refractivity contribution in [3.05, 3.63) is 0 Å². The summed E-state index contributed by atoms with van der Waals surface area (Å²) in [4.78, 5) is 27.1. The van der Waals surface area contributed by atoms with Gasteiger partial charge in [0.25, 0.3) is 0 Å². The van der Waals surface area contributed by atoms with Crippen LogP contribution in [0.5, 0.6) is 0 Å². The van der Waals surface area contributed by atoms with Crippen LogP contribution in [0.2, 0.25) is 0 Å². The summed E-state index contributed by atoms with van der Waals surface area (Å²) < 4.78 is 0. The van der Waals surface area contributed by atoms with Crippen molar-refractivity contribution in [2.45, 2.75) is 64.3 Å². The Kier molecular flexibility index (Phi) is 7.82. The zero-order valence-electron chi connectivity index (χ0n) is 15.0. The molecule has 6 heteroatoms. The first-order valence-corrected chi connectivity index (χ1v) is 9.58. The predicted molar refractivity (Wildman–Crippen MR) is 94.1 cm³/mol. The Hall–Kier alpha value is -1.30. The van der Waals surface area contributed by atoms with E-state index in [0.29, 0.717) is 0 Å². The number of hydrogen-bond donors (Lipinski definition) is 2. The maximum Gasteiger partial charge on any atom is 0.317 e. The van der Waals surface area contributed by atoms with Gasteiger partial charge in [0.2, 0.25) is 0 Å². The maximum absolute atomic E-state index is 12.3. The standard InChI is InChI=1S/C18H33N3O3/c1-2-20(14-17(22)23)16-9-12-21(13-10-16)18(24)19-11-8-15-6-4-3-5-7-15/h15-16H,2-14H2,1H3,(H,19,24)(H,22,23). The minimum absolute atomic E-state index is 0.0468. The largest absolute Gasteiger partial charge is 0.480 e. The first kappa shape index (κ1) is 19.0. The van der Waals surface area contributed by atoms with Crippen LogP contribution in [0.1, 0.15) is 58.3 Å². The molecule has 2 fully saturated rings. The molecule has 0 spiro atoms. The van der Waals surface area contributed by atoms with Crippen molar-refractivity contribution in [3.63, 3.8) is 0 Å². The van der Waals surface area contributed by atoms with Crippen molar-refractivity contribution in [2.24, 2.45) is 5.92 Å². The maximum atomic E-state index is 12.3. The van der Waals surface area contributed by atoms with Crippen molar-refractivity contribution >= 4 is 12.0 Å². The van der Waals surface area contributed by atoms with Crippen molar-refractivity contribution in [2.75, 3.05) is 32.7 Å². The smallest absolute Gasteiger partial charge is 0.317 e. The van der Waals surface area contributed by atoms with Crippen molar-refractivity contribution in [1.82, 2.24) is 15.1 Å². The molecule has 0 bridgehead atoms. The SMILES string of the molecule is CCN(CC(=O)O)C1CCN(C(=O)NCCC2CCCCC2)CC1. The molecule has 1 aliphatic carbocycles. The van der Waals surface area contributed by atoms with E-state index < -0.39 is 5.97 Å². The average molecular weight is 339 g/mol. The van der Waals surface area contributed by atoms with Gasteiger partial charge >= 0.3 is 12.0 Å². The molecule has 0 aromatic rings. The van der Waals surface area contributed by atoms with Crippen LogP contribution in [-0.2, 0) is 4.79 Å². The Labute approximate surface area is 145 Å². The molecule has 1 saturated carbocycles. The fraction of sp³-hybridized carbons (Fsp3) is 0.889. The van der Waals surface area contributed by atoms with Gasteiger partial charge in [-0.2, -0.15) is 0 Å². The Balaban J connectivity index is 1.65. The first-order valence-electron chi connectivity index (χ1n) is 9.58. The second-order valence-corrected chi connectivity index (χ2v) is 7.20. The summed E-state index contributed by atoms with van der Waals surface area (Å²) >= 11 is 0. The third-order valence-electron chi connectivity index (χ3n) is 5.57. The number of aliphatic carboxylic acids is 1. The van der Waals surface area contributed by atoms with Crippen molar-refractivity contribution < 1.29 is 14.7 Å². The molecule has 24 heavy (non-hydrogen) atoms. The van der Waals surface area contributed by atoms with E-state index in [9.17, 15) is 9.59 Å². The molecule has 0 unspecified atom stereocenters. The van der Waals surface area contributed by atoms with Gasteiger partial charge < -0.3 is 15.3 Å². The number of carbonyl (C=O) groups excluding carboxylic acids is 1. The van der Waals surface area contributed by atoms with Gasteiger partial charge in [0, 0.05) is 25.7 Å². The zero-order chi connectivity index (χ0) is 17.4. The second-order valence-electron chi connectivity index (χ2n) is 7.20. The number of carboxylic acid groups (broad SMARTS) is 1. The Morgan fingerprint density at radius 3 is 2.38 bits per heavy atom. The predicted octanol–water partition coefficient (Wildman–Crippen LogP) is 2.54. The summed E-state index contributed by atoms with van der Waals surface area (Å²) in [5.41, 5.74) is 0. The van der Waals surface area contributed by atoms with Gasteiger partial charge in [-0.05, 0) is 31.7 Å². The summed E-state index contributed by atoms with van der Waals surface area (Å²) in [6.07, 6.45) is 9.51. The van der Waals surface area contributed by atoms with E-state index in [1.807, 2.05) is 16.7 Å². The first-order chi connectivity index (χ1) is 11.6. The molecule has 2 N–H and O–H groups in total. The van der Waals surface area contributed by atoms with Crippen LogP contribution in [0.25, 0.3) is 0 Å². The third kappa shape index (κ3) is 5.96. The molecule has 138 valence electrons. The second kappa shape index (κ2) is 9.87. The van der Waals surface area contributed by atoms with Crippen LogP contribution in [-0.4, -0.2) is 65.7 Å². The molecule has 2 aliphatic rings. The molecular weight excluding hydrogens is 306 g/mol. The molecule has 1 saturated heterocycles. The fourth-order valence-corrected chi connectivity index (χ4v) is 4.08. The van der Waals surface area contributed by atoms with Gasteiger partial charge in [-0.3, -0.25) is 9.69 Å². The number of hydrogen-bond acceptors (Lipinski definition) is 3. The number of likely N-dealkylation sites (tertiary alicyclic amines) is 1. The summed E-state index contributed by atoms with van der Waals surface area (Å²) in [6.45, 7) is 5.04. The van der Waals surface area contributed by atoms with Crippen LogP contribution in [0.3, 0.4) is 0 Å². The molecule has 1 aliphatic heterocycles. The van der Waals surface area contributed by atoms with Crippen LogP contribution >= 0.6 is 0 Å². The molecule has 6 nitrogen and oxygen atoms in total. The zero-order valence-corrected chi connectivity index (χ0v) is 15.0. The highest BCUT2D eigenvalue weighted by molar-refractivity contribution is 5.74. The Bertz CT molecular complexity index is 402. The number of likely N-dealkylation sites (N-methyl/N-ethyl adjacent to an activating group) is 1. The van der Waals surface area contributed by atoms with Gasteiger partial charge in [-0.25, -0.2) is 4.79 Å². The van der Waals surface area contributed by atoms with E-state index >= 15 is 0 Å². The minimum Gasteiger partial charge on any atom is -0.480 e. The molecule has 2 rings (SSSR count). The number of carbonyl (C=O) groups is 2. The quantitative estimate of drug-likeness (QED) is 0.747. The third-order valence-corrected chi connectivity index (χ3v) is 5.57. The number of piperidine rings is 1. The number of amides is 2. The number of nitrogens with one attached hydrogen (secondary N) is 1. The molecule has 1 heterocycles. The van der Waals surface area contributed by atoms with Gasteiger partial charge in [-0.15, -0.1) is 0 Å². The number of nitrogens with zero attached hydrogens (tertiary/aromatic N) is 2. The summed E-state index contributed by atoms with van der Waals surface area (Å²) in [5.74, 6) is 0.0126. The Morgan fingerprint density at radius 2 is 1.79 bits per heavy atom. The lowest BCUT2D eigenvalue weighted by Crippen LogP contribution is -2.50.